The van der Waals surface area contributed by atoms with Crippen molar-refractivity contribution in [3.8, 4) is 0 Å². The van der Waals surface area contributed by atoms with Gasteiger partial charge in [-0.3, -0.25) is 0 Å². The monoisotopic (exact) mass is 512 g/mol. The molecule has 1 aliphatic rings. The van der Waals surface area contributed by atoms with Crippen LogP contribution in [0.25, 0.3) is 11.0 Å². The molecule has 0 amide bonds. The van der Waals surface area contributed by atoms with Gasteiger partial charge in [-0.15, -0.1) is 0 Å². The van der Waals surface area contributed by atoms with Crippen molar-refractivity contribution in [1.82, 2.24) is 14.5 Å². The van der Waals surface area contributed by atoms with Crippen LogP contribution < -0.4 is 5.73 Å². The van der Waals surface area contributed by atoms with E-state index in [4.69, 9.17) is 30.9 Å². The number of fused-ring (bicyclic) bond motifs is 1. The molecule has 0 saturated carbocycles. The van der Waals surface area contributed by atoms with Crippen molar-refractivity contribution in [2.45, 2.75) is 103 Å². The van der Waals surface area contributed by atoms with E-state index in [0.717, 1.165) is 5.39 Å². The topological polar surface area (TPSA) is 84.4 Å². The number of nitrogens with two attached hydrogens (primary N) is 1. The van der Waals surface area contributed by atoms with Crippen LogP contribution in [0.15, 0.2) is 12.3 Å². The van der Waals surface area contributed by atoms with Gasteiger partial charge < -0.3 is 23.9 Å². The third kappa shape index (κ3) is 5.49. The average Bonchev–Trinajstić information content (AvgIpc) is 3.21. The Kier molecular flexibility index (Phi) is 7.19. The molecule has 2 unspecified atom stereocenters. The lowest BCUT2D eigenvalue weighted by molar-refractivity contribution is -0.0382. The average molecular weight is 513 g/mol. The van der Waals surface area contributed by atoms with E-state index < -0.39 is 16.6 Å². The normalized spacial score (nSPS) is 22.9. The molecule has 3 heterocycles. The van der Waals surface area contributed by atoms with Gasteiger partial charge in [-0.25, -0.2) is 4.98 Å². The van der Waals surface area contributed by atoms with Crippen LogP contribution in [0.5, 0.6) is 0 Å². The van der Waals surface area contributed by atoms with Crippen LogP contribution in [0.2, 0.25) is 41.5 Å². The van der Waals surface area contributed by atoms with Crippen LogP contribution in [0.3, 0.4) is 0 Å². The summed E-state index contributed by atoms with van der Waals surface area (Å²) in [4.78, 5) is 8.49. The molecule has 0 spiro atoms. The highest BCUT2D eigenvalue weighted by molar-refractivity contribution is 6.74. The van der Waals surface area contributed by atoms with E-state index in [-0.39, 0.29) is 33.8 Å². The minimum Gasteiger partial charge on any atom is -0.414 e. The second kappa shape index (κ2) is 8.91. The van der Waals surface area contributed by atoms with Crippen molar-refractivity contribution in [3.63, 3.8) is 0 Å². The smallest absolute Gasteiger partial charge is 0.226 e. The number of nitrogen functional groups attached to an aromatic ring is 1. The molecule has 0 radical (unpaired) electrons. The Morgan fingerprint density at radius 2 is 1.70 bits per heavy atom. The number of rotatable bonds is 6. The molecule has 10 heteroatoms. The summed E-state index contributed by atoms with van der Waals surface area (Å²) in [5, 5.41) is 1.13. The Balaban J connectivity index is 1.90. The summed E-state index contributed by atoms with van der Waals surface area (Å²) in [5.41, 5.74) is 6.74. The van der Waals surface area contributed by atoms with Crippen molar-refractivity contribution in [2.75, 3.05) is 12.3 Å². The van der Waals surface area contributed by atoms with Gasteiger partial charge in [-0.1, -0.05) is 41.5 Å². The second-order valence-corrected chi connectivity index (χ2v) is 22.1. The molecular weight excluding hydrogens is 472 g/mol. The van der Waals surface area contributed by atoms with E-state index in [1.807, 2.05) is 16.8 Å². The first kappa shape index (κ1) is 26.6. The highest BCUT2D eigenvalue weighted by Gasteiger charge is 2.46. The van der Waals surface area contributed by atoms with E-state index in [1.165, 1.54) is 0 Å². The Labute approximate surface area is 205 Å². The molecule has 2 aromatic rings. The molecule has 2 N–H and O–H groups in total. The maximum absolute atomic E-state index is 6.87. The molecule has 0 aliphatic carbocycles. The van der Waals surface area contributed by atoms with E-state index in [1.54, 1.807) is 0 Å². The Morgan fingerprint density at radius 1 is 1.09 bits per heavy atom. The van der Waals surface area contributed by atoms with Gasteiger partial charge >= 0.3 is 0 Å². The predicted molar refractivity (Wildman–Crippen MR) is 141 cm³/mol. The number of ether oxygens (including phenoxy) is 1. The number of halogens is 1. The van der Waals surface area contributed by atoms with Crippen molar-refractivity contribution in [2.24, 2.45) is 0 Å². The number of anilines is 1. The Morgan fingerprint density at radius 3 is 2.27 bits per heavy atom. The fourth-order valence-electron chi connectivity index (χ4n) is 3.47. The maximum atomic E-state index is 6.87. The zero-order valence-electron chi connectivity index (χ0n) is 21.8. The molecule has 33 heavy (non-hydrogen) atoms. The lowest BCUT2D eigenvalue weighted by Gasteiger charge is -2.40. The summed E-state index contributed by atoms with van der Waals surface area (Å²) in [6, 6.07) is 1.91. The van der Waals surface area contributed by atoms with Crippen molar-refractivity contribution in [3.05, 3.63) is 17.5 Å². The highest BCUT2D eigenvalue weighted by Crippen LogP contribution is 2.43. The minimum absolute atomic E-state index is 0.0623. The first-order chi connectivity index (χ1) is 14.9. The maximum Gasteiger partial charge on any atom is 0.226 e. The van der Waals surface area contributed by atoms with Crippen LogP contribution in [-0.4, -0.2) is 50.0 Å². The molecular formula is C23H41ClN4O3Si2. The van der Waals surface area contributed by atoms with E-state index in [0.29, 0.717) is 24.5 Å². The van der Waals surface area contributed by atoms with Crippen LogP contribution in [-0.2, 0) is 13.6 Å². The number of aromatic nitrogens is 3. The zero-order chi connectivity index (χ0) is 25.0. The van der Waals surface area contributed by atoms with E-state index in [2.05, 4.69) is 77.7 Å². The molecule has 2 aromatic heterocycles. The predicted octanol–water partition coefficient (Wildman–Crippen LogP) is 6.37. The van der Waals surface area contributed by atoms with Gasteiger partial charge in [-0.2, -0.15) is 4.98 Å². The van der Waals surface area contributed by atoms with Crippen molar-refractivity contribution < 1.29 is 13.6 Å². The Hall–Kier alpha value is -0.976. The summed E-state index contributed by atoms with van der Waals surface area (Å²) in [7, 11) is -3.94. The molecule has 1 aliphatic heterocycles. The largest absolute Gasteiger partial charge is 0.414 e. The second-order valence-electron chi connectivity index (χ2n) is 12.2. The van der Waals surface area contributed by atoms with Gasteiger partial charge in [0.15, 0.2) is 16.6 Å². The van der Waals surface area contributed by atoms with Gasteiger partial charge in [0.1, 0.15) is 23.8 Å². The molecule has 3 rings (SSSR count). The lowest BCUT2D eigenvalue weighted by atomic mass is 10.2. The van der Waals surface area contributed by atoms with Crippen LogP contribution >= 0.6 is 11.6 Å². The van der Waals surface area contributed by atoms with Crippen molar-refractivity contribution >= 4 is 45.1 Å². The summed E-state index contributed by atoms with van der Waals surface area (Å²) < 4.78 is 22.0. The first-order valence-electron chi connectivity index (χ1n) is 11.7. The Bertz CT molecular complexity index is 998. The molecule has 1 saturated heterocycles. The first-order valence-corrected chi connectivity index (χ1v) is 17.9. The molecule has 7 nitrogen and oxygen atoms in total. The fourth-order valence-corrected chi connectivity index (χ4v) is 6.01. The van der Waals surface area contributed by atoms with Crippen LogP contribution in [0, 0.1) is 0 Å². The third-order valence-electron chi connectivity index (χ3n) is 7.73. The highest BCUT2D eigenvalue weighted by atomic mass is 35.5. The minimum atomic E-state index is -2.01. The van der Waals surface area contributed by atoms with Crippen LogP contribution in [0.1, 0.15) is 54.2 Å². The summed E-state index contributed by atoms with van der Waals surface area (Å²) in [6.07, 6.45) is 2.19. The van der Waals surface area contributed by atoms with E-state index >= 15 is 0 Å². The zero-order valence-corrected chi connectivity index (χ0v) is 24.6. The molecule has 3 atom stereocenters. The standard InChI is InChI=1S/C23H41ClN4O3Si2/c1-22(2,3)32(7,8)29-14-17-16(31-33(9,10)23(4,5)6)13-18(30-17)28-12-11-15-19(25)26-21(24)27-20(15)28/h11-12,16-18H,13-14H2,1-10H3,(H2,25,26,27)/t16?,17?,18-/m1/s1. The van der Waals surface area contributed by atoms with Crippen LogP contribution in [0.4, 0.5) is 5.82 Å². The fraction of sp³-hybridized carbons (Fsp3) is 0.739. The lowest BCUT2D eigenvalue weighted by Crippen LogP contribution is -2.48. The number of hydrogen-bond donors (Lipinski definition) is 1. The molecule has 0 aromatic carbocycles. The molecule has 0 bridgehead atoms. The number of nitrogens with zero attached hydrogens (tertiary/aromatic N) is 3. The van der Waals surface area contributed by atoms with Gasteiger partial charge in [0, 0.05) is 12.6 Å². The summed E-state index contributed by atoms with van der Waals surface area (Å²) in [6.45, 7) is 23.1. The molecule has 186 valence electrons. The van der Waals surface area contributed by atoms with Gasteiger partial charge in [0.2, 0.25) is 5.28 Å². The quantitative estimate of drug-likeness (QED) is 0.357. The van der Waals surface area contributed by atoms with Crippen molar-refractivity contribution in [1.29, 1.82) is 0 Å². The van der Waals surface area contributed by atoms with Gasteiger partial charge in [0.25, 0.3) is 0 Å². The SMILES string of the molecule is CC(C)(C)[Si](C)(C)OCC1O[C@@H](n2ccc3c(N)nc(Cl)nc32)CC1O[Si](C)(C)C(C)(C)C. The number of hydrogen-bond acceptors (Lipinski definition) is 6. The molecule has 1 fully saturated rings. The summed E-state index contributed by atoms with van der Waals surface area (Å²) in [5.74, 6) is 0.369. The van der Waals surface area contributed by atoms with E-state index in [9.17, 15) is 0 Å². The van der Waals surface area contributed by atoms with Gasteiger partial charge in [0.05, 0.1) is 18.1 Å². The third-order valence-corrected chi connectivity index (χ3v) is 16.9. The van der Waals surface area contributed by atoms with Gasteiger partial charge in [-0.05, 0) is 53.9 Å². The summed E-state index contributed by atoms with van der Waals surface area (Å²) >= 11 is 6.11.